The van der Waals surface area contributed by atoms with Gasteiger partial charge >= 0.3 is 0 Å². The average Bonchev–Trinajstić information content (AvgIpc) is 2.99. The molecule has 0 amide bonds. The molecular weight excluding hydrogens is 258 g/mol. The van der Waals surface area contributed by atoms with Crippen LogP contribution in [-0.2, 0) is 13.6 Å². The van der Waals surface area contributed by atoms with Crippen molar-refractivity contribution in [2.75, 3.05) is 25.5 Å². The predicted molar refractivity (Wildman–Crippen MR) is 79.8 cm³/mol. The minimum atomic E-state index is 0.446. The van der Waals surface area contributed by atoms with E-state index in [2.05, 4.69) is 26.8 Å². The third-order valence-electron chi connectivity index (χ3n) is 3.09. The van der Waals surface area contributed by atoms with Crippen LogP contribution in [0.3, 0.4) is 0 Å². The fourth-order valence-corrected chi connectivity index (χ4v) is 2.69. The van der Waals surface area contributed by atoms with E-state index in [1.165, 1.54) is 10.7 Å². The van der Waals surface area contributed by atoms with E-state index in [0.717, 1.165) is 19.0 Å². The lowest BCUT2D eigenvalue weighted by molar-refractivity contribution is 0.595. The highest BCUT2D eigenvalue weighted by Gasteiger charge is 2.10. The standard InChI is InChI=1S/C13H21N5S/c1-10(12-15-5-6-19-12)7-14-8-11-9-16-13(17(2)3)18(11)4/h5-6,9-10,14H,7-8H2,1-4H3. The van der Waals surface area contributed by atoms with Gasteiger partial charge in [0.05, 0.1) is 16.9 Å². The van der Waals surface area contributed by atoms with E-state index in [0.29, 0.717) is 5.92 Å². The molecule has 0 aliphatic heterocycles. The predicted octanol–water partition coefficient (Wildman–Crippen LogP) is 1.84. The number of aromatic nitrogens is 3. The maximum atomic E-state index is 4.40. The summed E-state index contributed by atoms with van der Waals surface area (Å²) in [5.74, 6) is 1.42. The second kappa shape index (κ2) is 6.16. The summed E-state index contributed by atoms with van der Waals surface area (Å²) in [5, 5.41) is 6.68. The zero-order chi connectivity index (χ0) is 13.8. The Labute approximate surface area is 118 Å². The minimum absolute atomic E-state index is 0.446. The molecule has 2 aromatic rings. The molecule has 0 spiro atoms. The van der Waals surface area contributed by atoms with Crippen LogP contribution in [0.15, 0.2) is 17.8 Å². The molecule has 0 saturated heterocycles. The van der Waals surface area contributed by atoms with Crippen molar-refractivity contribution in [1.29, 1.82) is 0 Å². The molecule has 0 fully saturated rings. The van der Waals surface area contributed by atoms with Crippen LogP contribution in [-0.4, -0.2) is 35.2 Å². The van der Waals surface area contributed by atoms with E-state index >= 15 is 0 Å². The maximum Gasteiger partial charge on any atom is 0.204 e. The lowest BCUT2D eigenvalue weighted by Gasteiger charge is -2.13. The van der Waals surface area contributed by atoms with Crippen LogP contribution in [0.1, 0.15) is 23.5 Å². The first kappa shape index (κ1) is 14.0. The van der Waals surface area contributed by atoms with Crippen molar-refractivity contribution in [2.45, 2.75) is 19.4 Å². The molecule has 1 unspecified atom stereocenters. The quantitative estimate of drug-likeness (QED) is 0.876. The average molecular weight is 279 g/mol. The van der Waals surface area contributed by atoms with Gasteiger partial charge in [-0.2, -0.15) is 0 Å². The molecule has 2 aromatic heterocycles. The Kier molecular flexibility index (Phi) is 4.55. The lowest BCUT2D eigenvalue weighted by Crippen LogP contribution is -2.21. The summed E-state index contributed by atoms with van der Waals surface area (Å²) in [5.41, 5.74) is 1.19. The van der Waals surface area contributed by atoms with Crippen LogP contribution < -0.4 is 10.2 Å². The molecule has 0 aliphatic rings. The van der Waals surface area contributed by atoms with Crippen molar-refractivity contribution in [3.8, 4) is 0 Å². The molecule has 19 heavy (non-hydrogen) atoms. The van der Waals surface area contributed by atoms with E-state index < -0.39 is 0 Å². The Morgan fingerprint density at radius 3 is 2.79 bits per heavy atom. The van der Waals surface area contributed by atoms with Gasteiger partial charge < -0.3 is 14.8 Å². The zero-order valence-electron chi connectivity index (χ0n) is 11.9. The monoisotopic (exact) mass is 279 g/mol. The molecule has 5 nitrogen and oxygen atoms in total. The largest absolute Gasteiger partial charge is 0.348 e. The Bertz CT molecular complexity index is 503. The van der Waals surface area contributed by atoms with Crippen molar-refractivity contribution >= 4 is 17.3 Å². The number of nitrogens with one attached hydrogen (secondary N) is 1. The van der Waals surface area contributed by atoms with Gasteiger partial charge in [-0.05, 0) is 0 Å². The van der Waals surface area contributed by atoms with Gasteiger partial charge in [0.1, 0.15) is 0 Å². The lowest BCUT2D eigenvalue weighted by atomic mass is 10.2. The van der Waals surface area contributed by atoms with E-state index in [9.17, 15) is 0 Å². The van der Waals surface area contributed by atoms with Crippen LogP contribution in [0, 0.1) is 0 Å². The van der Waals surface area contributed by atoms with Crippen molar-refractivity contribution in [3.05, 3.63) is 28.5 Å². The second-order valence-corrected chi connectivity index (χ2v) is 5.83. The van der Waals surface area contributed by atoms with E-state index in [1.807, 2.05) is 43.8 Å². The van der Waals surface area contributed by atoms with Gasteiger partial charge in [0.25, 0.3) is 0 Å². The molecule has 1 N–H and O–H groups in total. The van der Waals surface area contributed by atoms with Gasteiger partial charge in [0, 0.05) is 51.7 Å². The van der Waals surface area contributed by atoms with E-state index in [-0.39, 0.29) is 0 Å². The van der Waals surface area contributed by atoms with Gasteiger partial charge in [-0.25, -0.2) is 9.97 Å². The SMILES string of the molecule is CC(CNCc1cnc(N(C)C)n1C)c1nccs1. The van der Waals surface area contributed by atoms with Gasteiger partial charge in [-0.1, -0.05) is 6.92 Å². The summed E-state index contributed by atoms with van der Waals surface area (Å²) < 4.78 is 2.11. The third-order valence-corrected chi connectivity index (χ3v) is 4.10. The van der Waals surface area contributed by atoms with Crippen molar-refractivity contribution < 1.29 is 0 Å². The molecular formula is C13H21N5S. The van der Waals surface area contributed by atoms with Gasteiger partial charge in [0.2, 0.25) is 5.95 Å². The molecule has 104 valence electrons. The molecule has 2 rings (SSSR count). The summed E-state index contributed by atoms with van der Waals surface area (Å²) >= 11 is 1.71. The Hall–Kier alpha value is -1.40. The Morgan fingerprint density at radius 1 is 1.42 bits per heavy atom. The molecule has 0 saturated carbocycles. The smallest absolute Gasteiger partial charge is 0.204 e. The molecule has 0 aliphatic carbocycles. The topological polar surface area (TPSA) is 46.0 Å². The first-order valence-electron chi connectivity index (χ1n) is 6.37. The fraction of sp³-hybridized carbons (Fsp3) is 0.538. The summed E-state index contributed by atoms with van der Waals surface area (Å²) in [7, 11) is 6.05. The zero-order valence-corrected chi connectivity index (χ0v) is 12.7. The van der Waals surface area contributed by atoms with Crippen molar-refractivity contribution in [3.63, 3.8) is 0 Å². The van der Waals surface area contributed by atoms with Gasteiger partial charge in [-0.15, -0.1) is 11.3 Å². The number of thiazole rings is 1. The molecule has 0 aromatic carbocycles. The van der Waals surface area contributed by atoms with E-state index in [4.69, 9.17) is 0 Å². The first-order valence-corrected chi connectivity index (χ1v) is 7.25. The summed E-state index contributed by atoms with van der Waals surface area (Å²) in [6.07, 6.45) is 3.79. The molecule has 2 heterocycles. The number of imidazole rings is 1. The van der Waals surface area contributed by atoms with Crippen molar-refractivity contribution in [2.24, 2.45) is 7.05 Å². The number of anilines is 1. The van der Waals surface area contributed by atoms with Crippen LogP contribution in [0.5, 0.6) is 0 Å². The van der Waals surface area contributed by atoms with Gasteiger partial charge in [0.15, 0.2) is 0 Å². The highest BCUT2D eigenvalue weighted by Crippen LogP contribution is 2.16. The molecule has 6 heteroatoms. The highest BCUT2D eigenvalue weighted by molar-refractivity contribution is 7.09. The summed E-state index contributed by atoms with van der Waals surface area (Å²) in [4.78, 5) is 10.8. The third kappa shape index (κ3) is 3.33. The fourth-order valence-electron chi connectivity index (χ4n) is 2.00. The number of nitrogens with zero attached hydrogens (tertiary/aromatic N) is 4. The minimum Gasteiger partial charge on any atom is -0.348 e. The number of hydrogen-bond acceptors (Lipinski definition) is 5. The van der Waals surface area contributed by atoms with Crippen LogP contribution >= 0.6 is 11.3 Å². The second-order valence-electron chi connectivity index (χ2n) is 4.91. The molecule has 0 bridgehead atoms. The van der Waals surface area contributed by atoms with Crippen LogP contribution in [0.25, 0.3) is 0 Å². The first-order chi connectivity index (χ1) is 9.09. The highest BCUT2D eigenvalue weighted by atomic mass is 32.1. The normalized spacial score (nSPS) is 12.6. The molecule has 0 radical (unpaired) electrons. The van der Waals surface area contributed by atoms with Crippen molar-refractivity contribution in [1.82, 2.24) is 19.9 Å². The summed E-state index contributed by atoms with van der Waals surface area (Å²) in [6, 6.07) is 0. The Balaban J connectivity index is 1.86. The number of rotatable bonds is 6. The van der Waals surface area contributed by atoms with E-state index in [1.54, 1.807) is 11.3 Å². The molecule has 1 atom stereocenters. The number of hydrogen-bond donors (Lipinski definition) is 1. The van der Waals surface area contributed by atoms with Crippen LogP contribution in [0.4, 0.5) is 5.95 Å². The summed E-state index contributed by atoms with van der Waals surface area (Å²) in [6.45, 7) is 3.95. The maximum absolute atomic E-state index is 4.40. The Morgan fingerprint density at radius 2 is 2.21 bits per heavy atom. The van der Waals surface area contributed by atoms with Crippen LogP contribution in [0.2, 0.25) is 0 Å². The van der Waals surface area contributed by atoms with Gasteiger partial charge in [-0.3, -0.25) is 0 Å².